The molecule has 0 aliphatic carbocycles. The number of fused-ring (bicyclic) bond motifs is 1. The smallest absolute Gasteiger partial charge is 0.224 e. The number of amides is 1. The van der Waals surface area contributed by atoms with Gasteiger partial charge in [-0.1, -0.05) is 0 Å². The zero-order valence-corrected chi connectivity index (χ0v) is 11.8. The molecule has 0 aromatic carbocycles. The Morgan fingerprint density at radius 3 is 3.19 bits per heavy atom. The number of anilines is 2. The van der Waals surface area contributed by atoms with Gasteiger partial charge in [-0.15, -0.1) is 0 Å². The van der Waals surface area contributed by atoms with Crippen molar-refractivity contribution in [2.75, 3.05) is 36.7 Å². The molecule has 1 fully saturated rings. The van der Waals surface area contributed by atoms with Crippen molar-refractivity contribution in [3.8, 4) is 0 Å². The first-order valence-corrected chi connectivity index (χ1v) is 7.27. The van der Waals surface area contributed by atoms with Gasteiger partial charge in [-0.3, -0.25) is 10.1 Å². The summed E-state index contributed by atoms with van der Waals surface area (Å²) < 4.78 is 0. The third-order valence-electron chi connectivity index (χ3n) is 3.71. The molecule has 3 rings (SSSR count). The van der Waals surface area contributed by atoms with E-state index < -0.39 is 0 Å². The van der Waals surface area contributed by atoms with Crippen LogP contribution in [0.5, 0.6) is 0 Å². The van der Waals surface area contributed by atoms with Crippen molar-refractivity contribution < 1.29 is 4.79 Å². The van der Waals surface area contributed by atoms with Gasteiger partial charge < -0.3 is 20.5 Å². The Morgan fingerprint density at radius 1 is 1.48 bits per heavy atom. The van der Waals surface area contributed by atoms with E-state index in [1.165, 1.54) is 0 Å². The van der Waals surface area contributed by atoms with Gasteiger partial charge in [-0.25, -0.2) is 4.98 Å². The van der Waals surface area contributed by atoms with Crippen molar-refractivity contribution >= 4 is 17.7 Å². The van der Waals surface area contributed by atoms with Crippen LogP contribution >= 0.6 is 0 Å². The lowest BCUT2D eigenvalue weighted by atomic mass is 10.3. The zero-order chi connectivity index (χ0) is 14.7. The summed E-state index contributed by atoms with van der Waals surface area (Å²) in [6, 6.07) is 0. The van der Waals surface area contributed by atoms with Gasteiger partial charge in [0.2, 0.25) is 11.9 Å². The molecule has 2 N–H and O–H groups in total. The SMILES string of the molecule is O=C1CCCN1CCCNc1ncc2c(n1)N([O-])CNC2. The molecule has 2 aliphatic rings. The zero-order valence-electron chi connectivity index (χ0n) is 11.8. The monoisotopic (exact) mass is 291 g/mol. The van der Waals surface area contributed by atoms with Crippen LogP contribution in [0, 0.1) is 5.21 Å². The third-order valence-corrected chi connectivity index (χ3v) is 3.71. The summed E-state index contributed by atoms with van der Waals surface area (Å²) in [5.74, 6) is 1.14. The summed E-state index contributed by atoms with van der Waals surface area (Å²) in [6.07, 6.45) is 4.16. The Kier molecular flexibility index (Phi) is 4.16. The third kappa shape index (κ3) is 3.22. The Labute approximate surface area is 123 Å². The van der Waals surface area contributed by atoms with Crippen molar-refractivity contribution in [1.29, 1.82) is 0 Å². The van der Waals surface area contributed by atoms with Gasteiger partial charge in [0, 0.05) is 44.4 Å². The standard InChI is InChI=1S/C13H19N6O2/c20-11-3-1-5-18(11)6-2-4-15-13-16-8-10-7-14-9-19(21)12(10)17-13/h8,14H,1-7,9H2,(H,15,16,17)/q-1. The van der Waals surface area contributed by atoms with E-state index in [1.54, 1.807) is 6.20 Å². The number of nitrogens with one attached hydrogen (secondary N) is 2. The van der Waals surface area contributed by atoms with E-state index >= 15 is 0 Å². The molecule has 8 nitrogen and oxygen atoms in total. The minimum absolute atomic E-state index is 0.245. The lowest BCUT2D eigenvalue weighted by Gasteiger charge is -2.35. The molecule has 2 aliphatic heterocycles. The van der Waals surface area contributed by atoms with Gasteiger partial charge in [0.1, 0.15) is 5.82 Å². The van der Waals surface area contributed by atoms with Crippen LogP contribution in [0.25, 0.3) is 0 Å². The van der Waals surface area contributed by atoms with E-state index in [0.29, 0.717) is 31.3 Å². The van der Waals surface area contributed by atoms with Crippen molar-refractivity contribution in [3.05, 3.63) is 17.0 Å². The molecule has 21 heavy (non-hydrogen) atoms. The van der Waals surface area contributed by atoms with Crippen LogP contribution in [0.4, 0.5) is 11.8 Å². The number of carbonyl (C=O) groups is 1. The highest BCUT2D eigenvalue weighted by Gasteiger charge is 2.19. The summed E-state index contributed by atoms with van der Waals surface area (Å²) in [7, 11) is 0. The summed E-state index contributed by atoms with van der Waals surface area (Å²) >= 11 is 0. The fraction of sp³-hybridized carbons (Fsp3) is 0.615. The highest BCUT2D eigenvalue weighted by atomic mass is 16.5. The quantitative estimate of drug-likeness (QED) is 0.751. The van der Waals surface area contributed by atoms with E-state index in [4.69, 9.17) is 0 Å². The fourth-order valence-corrected chi connectivity index (χ4v) is 2.60. The maximum atomic E-state index is 11.7. The number of likely N-dealkylation sites (tertiary alicyclic amines) is 1. The fourth-order valence-electron chi connectivity index (χ4n) is 2.60. The number of aromatic nitrogens is 2. The van der Waals surface area contributed by atoms with Crippen LogP contribution in [0.3, 0.4) is 0 Å². The molecule has 1 saturated heterocycles. The van der Waals surface area contributed by atoms with Crippen LogP contribution in [-0.2, 0) is 11.3 Å². The van der Waals surface area contributed by atoms with Crippen LogP contribution in [0.15, 0.2) is 6.20 Å². The Bertz CT molecular complexity index is 523. The molecule has 3 heterocycles. The average Bonchev–Trinajstić information content (AvgIpc) is 2.90. The van der Waals surface area contributed by atoms with Crippen molar-refractivity contribution in [3.63, 3.8) is 0 Å². The molecule has 0 saturated carbocycles. The molecule has 1 aromatic heterocycles. The van der Waals surface area contributed by atoms with Crippen LogP contribution in [0.1, 0.15) is 24.8 Å². The Morgan fingerprint density at radius 2 is 2.38 bits per heavy atom. The van der Waals surface area contributed by atoms with E-state index in [9.17, 15) is 10.0 Å². The van der Waals surface area contributed by atoms with Crippen molar-refractivity contribution in [2.24, 2.45) is 0 Å². The molecule has 0 bridgehead atoms. The average molecular weight is 291 g/mol. The van der Waals surface area contributed by atoms with E-state index in [1.807, 2.05) is 4.90 Å². The van der Waals surface area contributed by atoms with Gasteiger partial charge in [0.25, 0.3) is 0 Å². The van der Waals surface area contributed by atoms with Crippen LogP contribution in [0.2, 0.25) is 0 Å². The molecule has 0 atom stereocenters. The number of carbonyl (C=O) groups excluding carboxylic acids is 1. The van der Waals surface area contributed by atoms with Gasteiger partial charge in [-0.2, -0.15) is 4.98 Å². The summed E-state index contributed by atoms with van der Waals surface area (Å²) in [5, 5.41) is 18.6. The van der Waals surface area contributed by atoms with Gasteiger partial charge in [0.15, 0.2) is 0 Å². The molecule has 1 aromatic rings. The van der Waals surface area contributed by atoms with E-state index in [-0.39, 0.29) is 12.6 Å². The Hall–Kier alpha value is -1.93. The summed E-state index contributed by atoms with van der Waals surface area (Å²) in [4.78, 5) is 21.8. The predicted octanol–water partition coefficient (Wildman–Crippen LogP) is 0.266. The molecule has 1 amide bonds. The first-order valence-electron chi connectivity index (χ1n) is 7.27. The predicted molar refractivity (Wildman–Crippen MR) is 78.5 cm³/mol. The minimum atomic E-state index is 0.245. The first-order chi connectivity index (χ1) is 10.2. The molecule has 114 valence electrons. The number of hydrogen-bond acceptors (Lipinski definition) is 7. The van der Waals surface area contributed by atoms with Crippen molar-refractivity contribution in [2.45, 2.75) is 25.8 Å². The molecular weight excluding hydrogens is 272 g/mol. The van der Waals surface area contributed by atoms with Gasteiger partial charge >= 0.3 is 0 Å². The van der Waals surface area contributed by atoms with Gasteiger partial charge in [-0.05, 0) is 12.8 Å². The molecule has 0 radical (unpaired) electrons. The highest BCUT2D eigenvalue weighted by Crippen LogP contribution is 2.20. The summed E-state index contributed by atoms with van der Waals surface area (Å²) in [5.41, 5.74) is 0.810. The number of nitrogens with zero attached hydrogens (tertiary/aromatic N) is 4. The minimum Gasteiger partial charge on any atom is -0.756 e. The lowest BCUT2D eigenvalue weighted by molar-refractivity contribution is -0.127. The molecular formula is C13H19N6O2-. The maximum absolute atomic E-state index is 11.7. The number of hydroxylamine groups is 1. The first kappa shape index (κ1) is 14.0. The van der Waals surface area contributed by atoms with E-state index in [2.05, 4.69) is 20.6 Å². The van der Waals surface area contributed by atoms with E-state index in [0.717, 1.165) is 36.6 Å². The molecule has 0 spiro atoms. The van der Waals surface area contributed by atoms with Crippen LogP contribution in [-0.4, -0.2) is 47.1 Å². The largest absolute Gasteiger partial charge is 0.756 e. The normalized spacial score (nSPS) is 18.0. The second-order valence-electron chi connectivity index (χ2n) is 5.27. The molecule has 0 unspecified atom stereocenters. The number of rotatable bonds is 5. The van der Waals surface area contributed by atoms with Crippen molar-refractivity contribution in [1.82, 2.24) is 20.2 Å². The second kappa shape index (κ2) is 6.23. The summed E-state index contributed by atoms with van der Waals surface area (Å²) in [6.45, 7) is 3.17. The topological polar surface area (TPSA) is 96.5 Å². The molecule has 8 heteroatoms. The van der Waals surface area contributed by atoms with Crippen LogP contribution < -0.4 is 15.7 Å². The second-order valence-corrected chi connectivity index (χ2v) is 5.27. The highest BCUT2D eigenvalue weighted by molar-refractivity contribution is 5.78. The van der Waals surface area contributed by atoms with Gasteiger partial charge in [0.05, 0.1) is 6.67 Å². The lowest BCUT2D eigenvalue weighted by Crippen LogP contribution is -2.36. The maximum Gasteiger partial charge on any atom is 0.224 e. The number of hydrogen-bond donors (Lipinski definition) is 2. The Balaban J connectivity index is 1.49.